The molecule has 1 heterocycles. The Morgan fingerprint density at radius 1 is 1.55 bits per heavy atom. The molecule has 1 aromatic rings. The van der Waals surface area contributed by atoms with Gasteiger partial charge in [0.25, 0.3) is 0 Å². The summed E-state index contributed by atoms with van der Waals surface area (Å²) in [6, 6.07) is 1.32. The van der Waals surface area contributed by atoms with Gasteiger partial charge < -0.3 is 5.11 Å². The van der Waals surface area contributed by atoms with Gasteiger partial charge in [-0.15, -0.1) is 11.3 Å². The average Bonchev–Trinajstić information content (AvgIpc) is 2.67. The molecule has 0 bridgehead atoms. The van der Waals surface area contributed by atoms with Crippen LogP contribution >= 0.6 is 34.5 Å². The highest BCUT2D eigenvalue weighted by atomic mass is 35.5. The molecule has 0 saturated heterocycles. The Bertz CT molecular complexity index is 588. The molecule has 2 N–H and O–H groups in total. The first-order valence-corrected chi connectivity index (χ1v) is 9.44. The van der Waals surface area contributed by atoms with Crippen LogP contribution in [0.1, 0.15) is 32.6 Å². The molecule has 1 fully saturated rings. The summed E-state index contributed by atoms with van der Waals surface area (Å²) in [5.74, 6) is 0.400. The number of hydrogen-bond donors (Lipinski definition) is 2. The zero-order chi connectivity index (χ0) is 15.0. The maximum atomic E-state index is 12.2. The van der Waals surface area contributed by atoms with Crippen LogP contribution < -0.4 is 4.72 Å². The normalized spacial score (nSPS) is 27.7. The van der Waals surface area contributed by atoms with E-state index in [0.29, 0.717) is 23.1 Å². The number of sulfonamides is 1. The summed E-state index contributed by atoms with van der Waals surface area (Å²) in [6.07, 6.45) is 3.19. The molecule has 114 valence electrons. The maximum Gasteiger partial charge on any atom is 0.243 e. The van der Waals surface area contributed by atoms with E-state index in [1.165, 1.54) is 6.07 Å². The molecule has 0 amide bonds. The third kappa shape index (κ3) is 3.87. The quantitative estimate of drug-likeness (QED) is 0.868. The average molecular weight is 358 g/mol. The van der Waals surface area contributed by atoms with Gasteiger partial charge in [-0.3, -0.25) is 0 Å². The van der Waals surface area contributed by atoms with Crippen molar-refractivity contribution < 1.29 is 13.5 Å². The van der Waals surface area contributed by atoms with Crippen molar-refractivity contribution >= 4 is 44.6 Å². The smallest absolute Gasteiger partial charge is 0.243 e. The topological polar surface area (TPSA) is 66.4 Å². The van der Waals surface area contributed by atoms with Gasteiger partial charge >= 0.3 is 0 Å². The van der Waals surface area contributed by atoms with Crippen molar-refractivity contribution in [1.29, 1.82) is 0 Å². The highest BCUT2D eigenvalue weighted by molar-refractivity contribution is 7.89. The van der Waals surface area contributed by atoms with Crippen LogP contribution in [-0.4, -0.2) is 25.7 Å². The SMILES string of the molecule is CC1CCCC(O)(CNS(=O)(=O)c2cc(Cl)sc2Cl)C1. The van der Waals surface area contributed by atoms with Crippen molar-refractivity contribution in [1.82, 2.24) is 4.72 Å². The third-order valence-electron chi connectivity index (χ3n) is 3.57. The fraction of sp³-hybridized carbons (Fsp3) is 0.667. The molecular formula is C12H17Cl2NO3S2. The van der Waals surface area contributed by atoms with Crippen molar-refractivity contribution in [3.8, 4) is 0 Å². The van der Waals surface area contributed by atoms with Crippen LogP contribution in [-0.2, 0) is 10.0 Å². The maximum absolute atomic E-state index is 12.2. The molecule has 0 aromatic carbocycles. The van der Waals surface area contributed by atoms with E-state index >= 15 is 0 Å². The number of rotatable bonds is 4. The first-order valence-electron chi connectivity index (χ1n) is 6.39. The van der Waals surface area contributed by atoms with Crippen LogP contribution in [0.3, 0.4) is 0 Å². The molecule has 1 aromatic heterocycles. The van der Waals surface area contributed by atoms with Crippen molar-refractivity contribution in [3.63, 3.8) is 0 Å². The van der Waals surface area contributed by atoms with Crippen molar-refractivity contribution in [3.05, 3.63) is 14.7 Å². The van der Waals surface area contributed by atoms with E-state index in [0.717, 1.165) is 24.2 Å². The zero-order valence-electron chi connectivity index (χ0n) is 11.0. The van der Waals surface area contributed by atoms with Gasteiger partial charge in [-0.2, -0.15) is 0 Å². The number of thiophene rings is 1. The van der Waals surface area contributed by atoms with E-state index in [4.69, 9.17) is 23.2 Å². The fourth-order valence-electron chi connectivity index (χ4n) is 2.61. The number of hydrogen-bond acceptors (Lipinski definition) is 4. The van der Waals surface area contributed by atoms with Gasteiger partial charge in [0.1, 0.15) is 9.23 Å². The monoisotopic (exact) mass is 357 g/mol. The van der Waals surface area contributed by atoms with Crippen molar-refractivity contribution in [2.75, 3.05) is 6.54 Å². The van der Waals surface area contributed by atoms with E-state index in [2.05, 4.69) is 11.6 Å². The molecule has 20 heavy (non-hydrogen) atoms. The predicted molar refractivity (Wildman–Crippen MR) is 82.1 cm³/mol. The lowest BCUT2D eigenvalue weighted by molar-refractivity contribution is -0.00751. The summed E-state index contributed by atoms with van der Waals surface area (Å²) in [4.78, 5) is -0.0263. The first kappa shape index (κ1) is 16.5. The summed E-state index contributed by atoms with van der Waals surface area (Å²) in [7, 11) is -3.74. The largest absolute Gasteiger partial charge is 0.389 e. The molecule has 0 radical (unpaired) electrons. The minimum Gasteiger partial charge on any atom is -0.389 e. The van der Waals surface area contributed by atoms with Crippen LogP contribution in [0.25, 0.3) is 0 Å². The van der Waals surface area contributed by atoms with Gasteiger partial charge in [-0.05, 0) is 24.8 Å². The zero-order valence-corrected chi connectivity index (χ0v) is 14.2. The first-order chi connectivity index (χ1) is 9.22. The van der Waals surface area contributed by atoms with Gasteiger partial charge in [0.15, 0.2) is 0 Å². The van der Waals surface area contributed by atoms with Crippen molar-refractivity contribution in [2.24, 2.45) is 5.92 Å². The molecule has 2 unspecified atom stereocenters. The summed E-state index contributed by atoms with van der Waals surface area (Å²) >= 11 is 12.6. The molecule has 8 heteroatoms. The molecule has 2 atom stereocenters. The Balaban J connectivity index is 2.08. The molecule has 4 nitrogen and oxygen atoms in total. The second kappa shape index (κ2) is 6.10. The number of aliphatic hydroxyl groups is 1. The van der Waals surface area contributed by atoms with E-state index < -0.39 is 15.6 Å². The highest BCUT2D eigenvalue weighted by Crippen LogP contribution is 2.35. The Kier molecular flexibility index (Phi) is 5.04. The summed E-state index contributed by atoms with van der Waals surface area (Å²) in [5.41, 5.74) is -0.975. The van der Waals surface area contributed by atoms with Crippen LogP contribution in [0.2, 0.25) is 8.67 Å². The second-order valence-electron chi connectivity index (χ2n) is 5.44. The second-order valence-corrected chi connectivity index (χ2v) is 9.46. The third-order valence-corrected chi connectivity index (χ3v) is 6.73. The summed E-state index contributed by atoms with van der Waals surface area (Å²) in [6.45, 7) is 2.07. The van der Waals surface area contributed by atoms with Gasteiger partial charge in [0, 0.05) is 6.54 Å². The molecule has 2 rings (SSSR count). The molecule has 1 aliphatic rings. The van der Waals surface area contributed by atoms with Crippen LogP contribution in [0, 0.1) is 5.92 Å². The molecule has 0 aliphatic heterocycles. The van der Waals surface area contributed by atoms with E-state index in [9.17, 15) is 13.5 Å². The Morgan fingerprint density at radius 2 is 2.25 bits per heavy atom. The van der Waals surface area contributed by atoms with Crippen LogP contribution in [0.5, 0.6) is 0 Å². The lowest BCUT2D eigenvalue weighted by atomic mass is 9.79. The number of nitrogens with one attached hydrogen (secondary N) is 1. The Hall–Kier alpha value is 0.150. The minimum absolute atomic E-state index is 0.00344. The van der Waals surface area contributed by atoms with Gasteiger partial charge in [-0.25, -0.2) is 13.1 Å². The van der Waals surface area contributed by atoms with Gasteiger partial charge in [-0.1, -0.05) is 43.0 Å². The van der Waals surface area contributed by atoms with Gasteiger partial charge in [0.05, 0.1) is 9.94 Å². The summed E-state index contributed by atoms with van der Waals surface area (Å²) < 4.78 is 27.2. The minimum atomic E-state index is -3.74. The van der Waals surface area contributed by atoms with Crippen molar-refractivity contribution in [2.45, 2.75) is 43.1 Å². The van der Waals surface area contributed by atoms with E-state index in [1.54, 1.807) is 0 Å². The fourth-order valence-corrected chi connectivity index (χ4v) is 5.88. The van der Waals surface area contributed by atoms with E-state index in [-0.39, 0.29) is 15.8 Å². The van der Waals surface area contributed by atoms with E-state index in [1.807, 2.05) is 0 Å². The number of halogens is 2. The Labute approximate surface area is 133 Å². The van der Waals surface area contributed by atoms with Gasteiger partial charge in [0.2, 0.25) is 10.0 Å². The molecule has 1 saturated carbocycles. The van der Waals surface area contributed by atoms with Crippen LogP contribution in [0.15, 0.2) is 11.0 Å². The predicted octanol–water partition coefficient (Wildman–Crippen LogP) is 3.27. The molecule has 0 spiro atoms. The summed E-state index contributed by atoms with van der Waals surface area (Å²) in [5, 5.41) is 10.4. The molecular weight excluding hydrogens is 341 g/mol. The standard InChI is InChI=1S/C12H17Cl2NO3S2/c1-8-3-2-4-12(16,6-8)7-15-20(17,18)9-5-10(13)19-11(9)14/h5,8,15-16H,2-4,6-7H2,1H3. The Morgan fingerprint density at radius 3 is 2.80 bits per heavy atom. The van der Waals surface area contributed by atoms with Crippen LogP contribution in [0.4, 0.5) is 0 Å². The lowest BCUT2D eigenvalue weighted by Gasteiger charge is -2.35. The highest BCUT2D eigenvalue weighted by Gasteiger charge is 2.34. The lowest BCUT2D eigenvalue weighted by Crippen LogP contribution is -2.45. The molecule has 1 aliphatic carbocycles.